The van der Waals surface area contributed by atoms with Gasteiger partial charge in [-0.1, -0.05) is 0 Å². The van der Waals surface area contributed by atoms with Crippen LogP contribution in [0.15, 0.2) is 18.2 Å². The summed E-state index contributed by atoms with van der Waals surface area (Å²) in [6.07, 6.45) is 3.94. The van der Waals surface area contributed by atoms with Crippen LogP contribution < -0.4 is 0 Å². The van der Waals surface area contributed by atoms with Crippen molar-refractivity contribution in [2.75, 3.05) is 18.6 Å². The number of amides is 1. The van der Waals surface area contributed by atoms with Crippen molar-refractivity contribution in [1.82, 2.24) is 4.90 Å². The molecule has 1 aliphatic rings. The van der Waals surface area contributed by atoms with Crippen LogP contribution in [-0.2, 0) is 0 Å². The van der Waals surface area contributed by atoms with Crippen molar-refractivity contribution in [3.05, 3.63) is 29.6 Å². The van der Waals surface area contributed by atoms with E-state index in [9.17, 15) is 14.3 Å². The van der Waals surface area contributed by atoms with Crippen LogP contribution in [0.4, 0.5) is 4.39 Å². The lowest BCUT2D eigenvalue weighted by molar-refractivity contribution is 0.0746. The molecule has 0 unspecified atom stereocenters. The molecule has 1 atom stereocenters. The lowest BCUT2D eigenvalue weighted by Gasteiger charge is -2.24. The number of halogens is 1. The number of phenols is 1. The van der Waals surface area contributed by atoms with Gasteiger partial charge in [0.1, 0.15) is 11.6 Å². The minimum atomic E-state index is -0.503. The van der Waals surface area contributed by atoms with Crippen LogP contribution in [0.5, 0.6) is 5.75 Å². The first-order valence-electron chi connectivity index (χ1n) is 5.92. The van der Waals surface area contributed by atoms with Crippen molar-refractivity contribution in [2.24, 2.45) is 0 Å². The zero-order valence-electron chi connectivity index (χ0n) is 10.2. The summed E-state index contributed by atoms with van der Waals surface area (Å²) in [5.41, 5.74) is 0.0583. The highest BCUT2D eigenvalue weighted by Gasteiger charge is 2.30. The number of hydrogen-bond acceptors (Lipinski definition) is 3. The summed E-state index contributed by atoms with van der Waals surface area (Å²) in [7, 11) is 0. The molecule has 1 saturated heterocycles. The number of carbonyl (C=O) groups excluding carboxylic acids is 1. The van der Waals surface area contributed by atoms with Crippen LogP contribution >= 0.6 is 11.8 Å². The van der Waals surface area contributed by atoms with Crippen molar-refractivity contribution in [1.29, 1.82) is 0 Å². The first-order valence-corrected chi connectivity index (χ1v) is 7.31. The van der Waals surface area contributed by atoms with E-state index in [2.05, 4.69) is 0 Å². The Hall–Kier alpha value is -1.23. The highest BCUT2D eigenvalue weighted by Crippen LogP contribution is 2.26. The van der Waals surface area contributed by atoms with Crippen LogP contribution in [0.25, 0.3) is 0 Å². The van der Waals surface area contributed by atoms with Crippen LogP contribution in [0.2, 0.25) is 0 Å². The molecule has 1 aliphatic heterocycles. The van der Waals surface area contributed by atoms with E-state index >= 15 is 0 Å². The summed E-state index contributed by atoms with van der Waals surface area (Å²) >= 11 is 1.69. The highest BCUT2D eigenvalue weighted by atomic mass is 32.2. The topological polar surface area (TPSA) is 40.5 Å². The summed E-state index contributed by atoms with van der Waals surface area (Å²) < 4.78 is 13.2. The third kappa shape index (κ3) is 2.61. The first kappa shape index (κ1) is 13.2. The van der Waals surface area contributed by atoms with E-state index in [1.807, 2.05) is 6.26 Å². The minimum Gasteiger partial charge on any atom is -0.507 e. The predicted octanol–water partition coefficient (Wildman–Crippen LogP) is 2.50. The SMILES string of the molecule is CSC[C@@H]1CCCN1C(=O)c1cc(F)ccc1O. The number of benzene rings is 1. The van der Waals surface area contributed by atoms with E-state index in [4.69, 9.17) is 0 Å². The van der Waals surface area contributed by atoms with Crippen LogP contribution in [0.3, 0.4) is 0 Å². The Morgan fingerprint density at radius 1 is 1.61 bits per heavy atom. The largest absolute Gasteiger partial charge is 0.507 e. The van der Waals surface area contributed by atoms with Crippen molar-refractivity contribution in [3.63, 3.8) is 0 Å². The Morgan fingerprint density at radius 2 is 2.39 bits per heavy atom. The van der Waals surface area contributed by atoms with E-state index in [0.29, 0.717) is 6.54 Å². The summed E-state index contributed by atoms with van der Waals surface area (Å²) in [5, 5.41) is 9.66. The Kier molecular flexibility index (Phi) is 4.11. The fraction of sp³-hybridized carbons (Fsp3) is 0.462. The average Bonchev–Trinajstić information content (AvgIpc) is 2.80. The number of rotatable bonds is 3. The summed E-state index contributed by atoms with van der Waals surface area (Å²) in [4.78, 5) is 14.0. The molecule has 0 spiro atoms. The monoisotopic (exact) mass is 269 g/mol. The third-order valence-corrected chi connectivity index (χ3v) is 3.90. The molecule has 1 heterocycles. The summed E-state index contributed by atoms with van der Waals surface area (Å²) in [5.74, 6) is -0.0570. The molecule has 1 fully saturated rings. The highest BCUT2D eigenvalue weighted by molar-refractivity contribution is 7.98. The van der Waals surface area contributed by atoms with Gasteiger partial charge in [0.15, 0.2) is 0 Å². The molecule has 98 valence electrons. The Balaban J connectivity index is 2.22. The van der Waals surface area contributed by atoms with Gasteiger partial charge in [-0.15, -0.1) is 0 Å². The number of carbonyl (C=O) groups is 1. The maximum absolute atomic E-state index is 13.2. The van der Waals surface area contributed by atoms with Gasteiger partial charge in [0.2, 0.25) is 0 Å². The molecular formula is C13H16FNO2S. The fourth-order valence-corrected chi connectivity index (χ4v) is 3.03. The molecule has 0 aromatic heterocycles. The lowest BCUT2D eigenvalue weighted by Crippen LogP contribution is -2.37. The zero-order chi connectivity index (χ0) is 13.1. The van der Waals surface area contributed by atoms with Gasteiger partial charge in [0.25, 0.3) is 5.91 Å². The van der Waals surface area contributed by atoms with E-state index in [1.165, 1.54) is 6.07 Å². The van der Waals surface area contributed by atoms with E-state index in [-0.39, 0.29) is 23.3 Å². The second kappa shape index (κ2) is 5.61. The number of likely N-dealkylation sites (tertiary alicyclic amines) is 1. The molecule has 0 radical (unpaired) electrons. The van der Waals surface area contributed by atoms with Gasteiger partial charge in [0, 0.05) is 18.3 Å². The molecule has 0 bridgehead atoms. The van der Waals surface area contributed by atoms with Crippen molar-refractivity contribution in [2.45, 2.75) is 18.9 Å². The van der Waals surface area contributed by atoms with Crippen molar-refractivity contribution < 1.29 is 14.3 Å². The van der Waals surface area contributed by atoms with Gasteiger partial charge < -0.3 is 10.0 Å². The van der Waals surface area contributed by atoms with Crippen molar-refractivity contribution >= 4 is 17.7 Å². The normalized spacial score (nSPS) is 19.2. The molecule has 1 aromatic carbocycles. The van der Waals surface area contributed by atoms with Crippen molar-refractivity contribution in [3.8, 4) is 5.75 Å². The van der Waals surface area contributed by atoms with E-state index < -0.39 is 5.82 Å². The Bertz CT molecular complexity index is 453. The predicted molar refractivity (Wildman–Crippen MR) is 70.5 cm³/mol. The number of thioether (sulfide) groups is 1. The molecule has 0 aliphatic carbocycles. The second-order valence-electron chi connectivity index (χ2n) is 4.41. The van der Waals surface area contributed by atoms with Gasteiger partial charge in [-0.05, 0) is 37.3 Å². The molecule has 18 heavy (non-hydrogen) atoms. The quantitative estimate of drug-likeness (QED) is 0.916. The Labute approximate surface area is 110 Å². The molecule has 5 heteroatoms. The lowest BCUT2D eigenvalue weighted by atomic mass is 10.1. The smallest absolute Gasteiger partial charge is 0.257 e. The number of aromatic hydroxyl groups is 1. The van der Waals surface area contributed by atoms with E-state index in [1.54, 1.807) is 16.7 Å². The maximum Gasteiger partial charge on any atom is 0.257 e. The number of hydrogen-bond donors (Lipinski definition) is 1. The molecule has 1 N–H and O–H groups in total. The second-order valence-corrected chi connectivity index (χ2v) is 5.32. The average molecular weight is 269 g/mol. The van der Waals surface area contributed by atoms with Gasteiger partial charge in [-0.3, -0.25) is 4.79 Å². The van der Waals surface area contributed by atoms with Crippen LogP contribution in [0.1, 0.15) is 23.2 Å². The first-order chi connectivity index (χ1) is 8.63. The number of nitrogens with zero attached hydrogens (tertiary/aromatic N) is 1. The summed E-state index contributed by atoms with van der Waals surface area (Å²) in [6, 6.07) is 3.67. The maximum atomic E-state index is 13.2. The van der Waals surface area contributed by atoms with Gasteiger partial charge in [-0.25, -0.2) is 4.39 Å². The van der Waals surface area contributed by atoms with Crippen LogP contribution in [0, 0.1) is 5.82 Å². The molecule has 3 nitrogen and oxygen atoms in total. The standard InChI is InChI=1S/C13H16FNO2S/c1-18-8-10-3-2-6-15(10)13(17)11-7-9(14)4-5-12(11)16/h4-5,7,10,16H,2-3,6,8H2,1H3/t10-/m0/s1. The minimum absolute atomic E-state index is 0.0583. The Morgan fingerprint density at radius 3 is 3.11 bits per heavy atom. The molecule has 0 saturated carbocycles. The fourth-order valence-electron chi connectivity index (χ4n) is 2.30. The summed E-state index contributed by atoms with van der Waals surface area (Å²) in [6.45, 7) is 0.681. The zero-order valence-corrected chi connectivity index (χ0v) is 11.0. The van der Waals surface area contributed by atoms with E-state index in [0.717, 1.165) is 30.7 Å². The third-order valence-electron chi connectivity index (χ3n) is 3.19. The number of phenolic OH excluding ortho intramolecular Hbond substituents is 1. The molecule has 1 aromatic rings. The van der Waals surface area contributed by atoms with Gasteiger partial charge in [-0.2, -0.15) is 11.8 Å². The van der Waals surface area contributed by atoms with Crippen LogP contribution in [-0.4, -0.2) is 40.5 Å². The van der Waals surface area contributed by atoms with Gasteiger partial charge >= 0.3 is 0 Å². The molecule has 2 rings (SSSR count). The molecular weight excluding hydrogens is 253 g/mol. The molecule has 1 amide bonds. The van der Waals surface area contributed by atoms with Gasteiger partial charge in [0.05, 0.1) is 5.56 Å².